The molecule has 5 N–H and O–H groups in total. The van der Waals surface area contributed by atoms with Crippen molar-refractivity contribution in [2.45, 2.75) is 32.2 Å². The number of nitrogens with one attached hydrogen (secondary N) is 3. The Kier molecular flexibility index (Phi) is 6.23. The summed E-state index contributed by atoms with van der Waals surface area (Å²) in [6.07, 6.45) is 4.58. The molecule has 0 unspecified atom stereocenters. The number of aromatic amines is 1. The molecule has 1 saturated carbocycles. The molecular formula is C24H25N7O5. The highest BCUT2D eigenvalue weighted by Crippen LogP contribution is 2.28. The fourth-order valence-corrected chi connectivity index (χ4v) is 4.55. The quantitative estimate of drug-likeness (QED) is 0.299. The Labute approximate surface area is 204 Å². The average molecular weight is 492 g/mol. The number of hydrogen-bond donors (Lipinski definition) is 4. The minimum Gasteiger partial charge on any atom is -0.408 e. The van der Waals surface area contributed by atoms with Gasteiger partial charge in [0.15, 0.2) is 11.2 Å². The average Bonchev–Trinajstić information content (AvgIpc) is 3.50. The van der Waals surface area contributed by atoms with Crippen molar-refractivity contribution in [2.75, 3.05) is 6.54 Å². The lowest BCUT2D eigenvalue weighted by Crippen LogP contribution is -2.35. The number of benzene rings is 1. The summed E-state index contributed by atoms with van der Waals surface area (Å²) in [6.45, 7) is 0.638. The van der Waals surface area contributed by atoms with E-state index in [1.165, 1.54) is 16.8 Å². The Morgan fingerprint density at radius 3 is 2.67 bits per heavy atom. The Balaban J connectivity index is 1.26. The van der Waals surface area contributed by atoms with Crippen LogP contribution < -0.4 is 22.1 Å². The van der Waals surface area contributed by atoms with Crippen molar-refractivity contribution in [3.05, 3.63) is 64.0 Å². The summed E-state index contributed by atoms with van der Waals surface area (Å²) < 4.78 is 6.37. The number of carbonyl (C=O) groups is 3. The van der Waals surface area contributed by atoms with Crippen LogP contribution in [0.2, 0.25) is 0 Å². The minimum absolute atomic E-state index is 0.0768. The van der Waals surface area contributed by atoms with Crippen LogP contribution in [0.1, 0.15) is 52.2 Å². The number of H-pyrrole nitrogens is 1. The van der Waals surface area contributed by atoms with E-state index < -0.39 is 11.7 Å². The summed E-state index contributed by atoms with van der Waals surface area (Å²) in [5.41, 5.74) is 7.75. The molecule has 0 spiro atoms. The second-order valence-electron chi connectivity index (χ2n) is 8.99. The van der Waals surface area contributed by atoms with Gasteiger partial charge in [-0.3, -0.25) is 19.4 Å². The molecule has 3 amide bonds. The van der Waals surface area contributed by atoms with Gasteiger partial charge in [-0.15, -0.1) is 0 Å². The molecule has 5 rings (SSSR count). The molecule has 1 aliphatic rings. The van der Waals surface area contributed by atoms with Crippen molar-refractivity contribution in [3.8, 4) is 0 Å². The summed E-state index contributed by atoms with van der Waals surface area (Å²) >= 11 is 0. The number of rotatable bonds is 7. The number of fused-ring (bicyclic) bond motifs is 2. The van der Waals surface area contributed by atoms with Crippen LogP contribution in [0, 0.1) is 11.8 Å². The number of nitrogens with two attached hydrogens (primary N) is 1. The van der Waals surface area contributed by atoms with Gasteiger partial charge in [0.1, 0.15) is 11.4 Å². The highest BCUT2D eigenvalue weighted by atomic mass is 16.4. The molecule has 0 bridgehead atoms. The van der Waals surface area contributed by atoms with Crippen LogP contribution in [0.25, 0.3) is 16.7 Å². The lowest BCUT2D eigenvalue weighted by Gasteiger charge is -2.26. The summed E-state index contributed by atoms with van der Waals surface area (Å²) in [7, 11) is 0. The third-order valence-corrected chi connectivity index (χ3v) is 6.56. The Morgan fingerprint density at radius 2 is 1.89 bits per heavy atom. The van der Waals surface area contributed by atoms with Crippen molar-refractivity contribution in [1.29, 1.82) is 0 Å². The van der Waals surface area contributed by atoms with E-state index in [2.05, 4.69) is 25.7 Å². The normalized spacial score (nSPS) is 17.8. The lowest BCUT2D eigenvalue weighted by atomic mass is 9.81. The molecule has 0 atom stereocenters. The maximum Gasteiger partial charge on any atom is 0.417 e. The topological polar surface area (TPSA) is 177 Å². The van der Waals surface area contributed by atoms with Gasteiger partial charge in [-0.1, -0.05) is 6.07 Å². The molecule has 4 aromatic rings. The van der Waals surface area contributed by atoms with Crippen LogP contribution in [0.15, 0.2) is 45.7 Å². The number of carbonyl (C=O) groups excluding carboxylic acids is 3. The molecule has 1 aliphatic carbocycles. The van der Waals surface area contributed by atoms with Crippen LogP contribution in [-0.2, 0) is 11.3 Å². The number of primary amides is 1. The summed E-state index contributed by atoms with van der Waals surface area (Å²) in [5, 5.41) is 9.87. The molecular weight excluding hydrogens is 466 g/mol. The van der Waals surface area contributed by atoms with Crippen LogP contribution in [-0.4, -0.2) is 43.8 Å². The van der Waals surface area contributed by atoms with Gasteiger partial charge in [0.05, 0.1) is 11.7 Å². The molecule has 36 heavy (non-hydrogen) atoms. The molecule has 1 aromatic carbocycles. The molecule has 0 saturated heterocycles. The van der Waals surface area contributed by atoms with Gasteiger partial charge in [-0.05, 0) is 49.3 Å². The number of amides is 3. The molecule has 186 valence electrons. The molecule has 0 radical (unpaired) electrons. The van der Waals surface area contributed by atoms with E-state index in [9.17, 15) is 19.2 Å². The highest BCUT2D eigenvalue weighted by Gasteiger charge is 2.25. The van der Waals surface area contributed by atoms with Gasteiger partial charge in [0.2, 0.25) is 5.91 Å². The highest BCUT2D eigenvalue weighted by molar-refractivity contribution is 5.98. The third-order valence-electron chi connectivity index (χ3n) is 6.56. The zero-order valence-corrected chi connectivity index (χ0v) is 19.3. The van der Waals surface area contributed by atoms with Crippen LogP contribution in [0.4, 0.5) is 0 Å². The lowest BCUT2D eigenvalue weighted by molar-refractivity contribution is -0.122. The third kappa shape index (κ3) is 4.83. The summed E-state index contributed by atoms with van der Waals surface area (Å²) in [4.78, 5) is 55.5. The number of nitrogens with zero attached hydrogens (tertiary/aromatic N) is 3. The van der Waals surface area contributed by atoms with E-state index in [-0.39, 0.29) is 41.6 Å². The minimum atomic E-state index is -0.548. The number of oxazole rings is 1. The van der Waals surface area contributed by atoms with Gasteiger partial charge in [0.25, 0.3) is 11.8 Å². The van der Waals surface area contributed by atoms with Crippen LogP contribution in [0.5, 0.6) is 0 Å². The first-order valence-electron chi connectivity index (χ1n) is 11.7. The smallest absolute Gasteiger partial charge is 0.408 e. The van der Waals surface area contributed by atoms with Crippen LogP contribution in [0.3, 0.4) is 0 Å². The van der Waals surface area contributed by atoms with Gasteiger partial charge in [-0.2, -0.15) is 5.10 Å². The zero-order valence-electron chi connectivity index (χ0n) is 19.3. The fraction of sp³-hybridized carbons (Fsp3) is 0.333. The molecule has 0 aliphatic heterocycles. The second-order valence-corrected chi connectivity index (χ2v) is 8.99. The maximum absolute atomic E-state index is 13.0. The standard InChI is InChI=1S/C24H25N7O5/c25-21(32)15-4-1-13(2-5-15)11-27-23(34)18-10-17(29-20-7-8-28-31(18)20)22(33)26-12-14-3-6-19-16(9-14)30-24(35)36-19/h3,6-10,13,15H,1-2,4-5,11-12H2,(H2,25,32)(H,26,33)(H,27,34)(H,30,35). The summed E-state index contributed by atoms with van der Waals surface area (Å²) in [6, 6.07) is 8.12. The number of hydrogen-bond acceptors (Lipinski definition) is 7. The molecule has 12 nitrogen and oxygen atoms in total. The van der Waals surface area contributed by atoms with E-state index in [0.29, 0.717) is 23.3 Å². The van der Waals surface area contributed by atoms with Crippen LogP contribution >= 0.6 is 0 Å². The zero-order chi connectivity index (χ0) is 25.2. The molecule has 1 fully saturated rings. The fourth-order valence-electron chi connectivity index (χ4n) is 4.55. The van der Waals surface area contributed by atoms with Crippen molar-refractivity contribution in [3.63, 3.8) is 0 Å². The molecule has 3 heterocycles. The van der Waals surface area contributed by atoms with E-state index in [1.807, 2.05) is 0 Å². The molecule has 12 heteroatoms. The first-order chi connectivity index (χ1) is 17.4. The molecule has 3 aromatic heterocycles. The first-order valence-corrected chi connectivity index (χ1v) is 11.7. The van der Waals surface area contributed by atoms with Crippen molar-refractivity contribution >= 4 is 34.5 Å². The Hall–Kier alpha value is -4.48. The predicted molar refractivity (Wildman–Crippen MR) is 128 cm³/mol. The second kappa shape index (κ2) is 9.64. The summed E-state index contributed by atoms with van der Waals surface area (Å²) in [5.74, 6) is -1.48. The first kappa shape index (κ1) is 23.3. The Bertz CT molecular complexity index is 1510. The SMILES string of the molecule is NC(=O)C1CCC(CNC(=O)c2cc(C(=O)NCc3ccc4oc(=O)[nH]c4c3)nc3ccnn23)CC1. The van der Waals surface area contributed by atoms with E-state index in [0.717, 1.165) is 31.2 Å². The van der Waals surface area contributed by atoms with Gasteiger partial charge >= 0.3 is 5.76 Å². The predicted octanol–water partition coefficient (Wildman–Crippen LogP) is 1.12. The van der Waals surface area contributed by atoms with Gasteiger partial charge in [0, 0.05) is 31.1 Å². The maximum atomic E-state index is 13.0. The van der Waals surface area contributed by atoms with E-state index >= 15 is 0 Å². The Morgan fingerprint density at radius 1 is 1.08 bits per heavy atom. The van der Waals surface area contributed by atoms with Gasteiger partial charge in [-0.25, -0.2) is 14.3 Å². The number of aromatic nitrogens is 4. The van der Waals surface area contributed by atoms with Gasteiger partial charge < -0.3 is 20.8 Å². The van der Waals surface area contributed by atoms with E-state index in [4.69, 9.17) is 10.2 Å². The monoisotopic (exact) mass is 491 g/mol. The largest absolute Gasteiger partial charge is 0.417 e. The van der Waals surface area contributed by atoms with E-state index in [1.54, 1.807) is 24.3 Å². The van der Waals surface area contributed by atoms with Crippen molar-refractivity contribution < 1.29 is 18.8 Å². The van der Waals surface area contributed by atoms with Crippen molar-refractivity contribution in [2.24, 2.45) is 17.6 Å². The van der Waals surface area contributed by atoms with Crippen molar-refractivity contribution in [1.82, 2.24) is 30.2 Å².